The summed E-state index contributed by atoms with van der Waals surface area (Å²) in [5.74, 6) is 1.56. The maximum atomic E-state index is 12.8. The molecule has 1 heterocycles. The monoisotopic (exact) mass is 341 g/mol. The number of rotatable bonds is 5. The molecule has 0 saturated heterocycles. The van der Waals surface area contributed by atoms with Gasteiger partial charge in [-0.1, -0.05) is 28.4 Å². The van der Waals surface area contributed by atoms with Crippen molar-refractivity contribution < 1.29 is 9.32 Å². The molecular weight excluding hydrogens is 329 g/mol. The molecule has 1 aromatic carbocycles. The molecule has 110 valence electrons. The van der Waals surface area contributed by atoms with E-state index in [4.69, 9.17) is 27.7 Å². The molecule has 3 nitrogen and oxygen atoms in total. The first kappa shape index (κ1) is 14.9. The third kappa shape index (κ3) is 2.85. The van der Waals surface area contributed by atoms with E-state index in [1.165, 1.54) is 6.20 Å². The van der Waals surface area contributed by atoms with Gasteiger partial charge in [0, 0.05) is 17.2 Å². The molecule has 1 aromatic heterocycles. The molecule has 0 spiro atoms. The van der Waals surface area contributed by atoms with Crippen LogP contribution in [0, 0.1) is 0 Å². The molecule has 1 fully saturated rings. The van der Waals surface area contributed by atoms with Crippen LogP contribution in [0.1, 0.15) is 46.0 Å². The summed E-state index contributed by atoms with van der Waals surface area (Å²) in [6.07, 6.45) is 5.56. The number of nitrogens with zero attached hydrogens (tertiary/aromatic N) is 1. The van der Waals surface area contributed by atoms with E-state index < -0.39 is 0 Å². The van der Waals surface area contributed by atoms with Crippen molar-refractivity contribution in [1.82, 2.24) is 5.16 Å². The summed E-state index contributed by atoms with van der Waals surface area (Å²) < 4.78 is 5.25. The summed E-state index contributed by atoms with van der Waals surface area (Å²) >= 11 is 13.9. The average Bonchev–Trinajstić information content (AvgIpc) is 3.21. The largest absolute Gasteiger partial charge is 0.360 e. The highest BCUT2D eigenvalue weighted by atomic mass is 35.5. The zero-order valence-corrected chi connectivity index (χ0v) is 13.7. The molecule has 3 rings (SSSR count). The van der Waals surface area contributed by atoms with Gasteiger partial charge in [0.05, 0.1) is 21.8 Å². The molecule has 0 aliphatic heterocycles. The highest BCUT2D eigenvalue weighted by Crippen LogP contribution is 2.42. The molecule has 0 radical (unpaired) electrons. The molecule has 6 heteroatoms. The normalized spacial score (nSPS) is 14.4. The molecule has 0 bridgehead atoms. The van der Waals surface area contributed by atoms with Crippen LogP contribution in [0.25, 0.3) is 0 Å². The van der Waals surface area contributed by atoms with Crippen molar-refractivity contribution in [3.8, 4) is 0 Å². The van der Waals surface area contributed by atoms with Crippen LogP contribution in [0.3, 0.4) is 0 Å². The Morgan fingerprint density at radius 1 is 1.38 bits per heavy atom. The maximum Gasteiger partial charge on any atom is 0.198 e. The van der Waals surface area contributed by atoms with E-state index in [9.17, 15) is 4.79 Å². The minimum Gasteiger partial charge on any atom is -0.360 e. The lowest BCUT2D eigenvalue weighted by Gasteiger charge is -2.10. The highest BCUT2D eigenvalue weighted by molar-refractivity contribution is 7.97. The molecule has 0 atom stereocenters. The van der Waals surface area contributed by atoms with Crippen LogP contribution in [0.2, 0.25) is 10.0 Å². The summed E-state index contributed by atoms with van der Waals surface area (Å²) in [5.41, 5.74) is 1.88. The molecule has 1 saturated carbocycles. The average molecular weight is 342 g/mol. The Balaban J connectivity index is 2.05. The van der Waals surface area contributed by atoms with Crippen LogP contribution in [0.5, 0.6) is 0 Å². The Labute approximate surface area is 137 Å². The smallest absolute Gasteiger partial charge is 0.198 e. The van der Waals surface area contributed by atoms with Crippen molar-refractivity contribution in [3.05, 3.63) is 50.8 Å². The number of carbonyl (C=O) groups excluding carboxylic acids is 1. The van der Waals surface area contributed by atoms with Crippen LogP contribution in [0.4, 0.5) is 0 Å². The molecule has 0 unspecified atom stereocenters. The van der Waals surface area contributed by atoms with Gasteiger partial charge in [0.15, 0.2) is 11.5 Å². The summed E-state index contributed by atoms with van der Waals surface area (Å²) in [4.78, 5) is 12.8. The first-order valence-electron chi connectivity index (χ1n) is 6.58. The van der Waals surface area contributed by atoms with E-state index in [2.05, 4.69) is 5.16 Å². The van der Waals surface area contributed by atoms with Crippen molar-refractivity contribution in [2.75, 3.05) is 6.26 Å². The summed E-state index contributed by atoms with van der Waals surface area (Å²) in [7, 11) is 0. The number of halogens is 2. The number of thioether (sulfide) groups is 1. The van der Waals surface area contributed by atoms with Crippen LogP contribution < -0.4 is 0 Å². The summed E-state index contributed by atoms with van der Waals surface area (Å²) in [6, 6.07) is 3.39. The van der Waals surface area contributed by atoms with Crippen LogP contribution >= 0.6 is 35.0 Å². The van der Waals surface area contributed by atoms with Gasteiger partial charge in [-0.25, -0.2) is 0 Å². The predicted octanol–water partition coefficient (Wildman–Crippen LogP) is 4.95. The van der Waals surface area contributed by atoms with Gasteiger partial charge in [-0.15, -0.1) is 0 Å². The van der Waals surface area contributed by atoms with Gasteiger partial charge in [0.25, 0.3) is 0 Å². The van der Waals surface area contributed by atoms with Gasteiger partial charge in [-0.05, 0) is 36.8 Å². The highest BCUT2D eigenvalue weighted by Gasteiger charge is 2.33. The summed E-state index contributed by atoms with van der Waals surface area (Å²) in [5, 5.41) is 4.69. The van der Waals surface area contributed by atoms with Crippen molar-refractivity contribution in [1.29, 1.82) is 0 Å². The second-order valence-corrected chi connectivity index (χ2v) is 6.68. The fourth-order valence-electron chi connectivity index (χ4n) is 2.30. The Hall–Kier alpha value is -0.970. The third-order valence-electron chi connectivity index (χ3n) is 3.52. The lowest BCUT2D eigenvalue weighted by molar-refractivity contribution is 0.103. The SMILES string of the molecule is CSCc1c(C(=O)c2cnoc2C2CC2)ccc(Cl)c1Cl. The molecule has 2 aromatic rings. The van der Waals surface area contributed by atoms with Gasteiger partial charge in [-0.2, -0.15) is 11.8 Å². The van der Waals surface area contributed by atoms with Gasteiger partial charge in [0.2, 0.25) is 0 Å². The van der Waals surface area contributed by atoms with Crippen LogP contribution in [-0.4, -0.2) is 17.2 Å². The predicted molar refractivity (Wildman–Crippen MR) is 85.6 cm³/mol. The van der Waals surface area contributed by atoms with Gasteiger partial charge in [-0.3, -0.25) is 4.79 Å². The van der Waals surface area contributed by atoms with E-state index in [1.807, 2.05) is 6.26 Å². The van der Waals surface area contributed by atoms with Crippen LogP contribution in [-0.2, 0) is 5.75 Å². The van der Waals surface area contributed by atoms with Crippen molar-refractivity contribution >= 4 is 40.7 Å². The number of hydrogen-bond acceptors (Lipinski definition) is 4. The Kier molecular flexibility index (Phi) is 4.29. The van der Waals surface area contributed by atoms with E-state index in [1.54, 1.807) is 23.9 Å². The zero-order valence-electron chi connectivity index (χ0n) is 11.4. The fourth-order valence-corrected chi connectivity index (χ4v) is 3.37. The van der Waals surface area contributed by atoms with E-state index in [0.29, 0.717) is 38.6 Å². The molecule has 0 N–H and O–H groups in total. The number of ketones is 1. The number of aromatic nitrogens is 1. The van der Waals surface area contributed by atoms with E-state index in [-0.39, 0.29) is 5.78 Å². The van der Waals surface area contributed by atoms with E-state index >= 15 is 0 Å². The van der Waals surface area contributed by atoms with Crippen molar-refractivity contribution in [2.24, 2.45) is 0 Å². The Morgan fingerprint density at radius 3 is 2.81 bits per heavy atom. The van der Waals surface area contributed by atoms with Gasteiger partial charge < -0.3 is 4.52 Å². The topological polar surface area (TPSA) is 43.1 Å². The first-order chi connectivity index (χ1) is 10.1. The fraction of sp³-hybridized carbons (Fsp3) is 0.333. The molecule has 0 amide bonds. The number of benzene rings is 1. The minimum absolute atomic E-state index is 0.0965. The van der Waals surface area contributed by atoms with E-state index in [0.717, 1.165) is 18.4 Å². The minimum atomic E-state index is -0.0965. The second kappa shape index (κ2) is 6.03. The molecule has 21 heavy (non-hydrogen) atoms. The molecule has 1 aliphatic rings. The molecule has 1 aliphatic carbocycles. The summed E-state index contributed by atoms with van der Waals surface area (Å²) in [6.45, 7) is 0. The molecular formula is C15H13Cl2NO2S. The zero-order chi connectivity index (χ0) is 15.0. The number of carbonyl (C=O) groups is 1. The van der Waals surface area contributed by atoms with Crippen LogP contribution in [0.15, 0.2) is 22.9 Å². The van der Waals surface area contributed by atoms with Crippen molar-refractivity contribution in [3.63, 3.8) is 0 Å². The second-order valence-electron chi connectivity index (χ2n) is 5.03. The third-order valence-corrected chi connectivity index (χ3v) is 4.94. The van der Waals surface area contributed by atoms with Gasteiger partial charge in [0.1, 0.15) is 0 Å². The van der Waals surface area contributed by atoms with Crippen molar-refractivity contribution in [2.45, 2.75) is 24.5 Å². The first-order valence-corrected chi connectivity index (χ1v) is 8.73. The maximum absolute atomic E-state index is 12.8. The number of hydrogen-bond donors (Lipinski definition) is 0. The quantitative estimate of drug-likeness (QED) is 0.721. The standard InChI is InChI=1S/C15H13Cl2NO2S/c1-21-7-11-9(4-5-12(16)13(11)17)14(19)10-6-18-20-15(10)8-2-3-8/h4-6,8H,2-3,7H2,1H3. The lowest BCUT2D eigenvalue weighted by atomic mass is 9.98. The Morgan fingerprint density at radius 2 is 2.14 bits per heavy atom. The Bertz CT molecular complexity index is 695. The van der Waals surface area contributed by atoms with Gasteiger partial charge >= 0.3 is 0 Å². The lowest BCUT2D eigenvalue weighted by Crippen LogP contribution is -2.07.